The molecule has 2 heteroatoms. The van der Waals surface area contributed by atoms with Gasteiger partial charge in [0.1, 0.15) is 0 Å². The third-order valence-electron chi connectivity index (χ3n) is 1.82. The zero-order valence-corrected chi connectivity index (χ0v) is 8.36. The first-order chi connectivity index (χ1) is 4.72. The zero-order chi connectivity index (χ0) is 7.98. The van der Waals surface area contributed by atoms with Crippen molar-refractivity contribution in [2.24, 2.45) is 5.92 Å². The lowest BCUT2D eigenvalue weighted by Gasteiger charge is -2.13. The molecular formula is C8H16BrO. The molecule has 1 nitrogen and oxygen atoms in total. The van der Waals surface area contributed by atoms with Crippen molar-refractivity contribution in [1.82, 2.24) is 0 Å². The highest BCUT2D eigenvalue weighted by atomic mass is 79.9. The Morgan fingerprint density at radius 2 is 2.00 bits per heavy atom. The Bertz CT molecular complexity index is 73.7. The average Bonchev–Trinajstić information content (AvgIpc) is 1.89. The first kappa shape index (κ1) is 10.4. The topological polar surface area (TPSA) is 19.9 Å². The van der Waals surface area contributed by atoms with E-state index in [9.17, 15) is 5.11 Å². The number of rotatable bonds is 5. The molecule has 0 spiro atoms. The summed E-state index contributed by atoms with van der Waals surface area (Å²) in [6.07, 6.45) is 4.45. The molecule has 0 N–H and O–H groups in total. The van der Waals surface area contributed by atoms with Crippen LogP contribution in [0.4, 0.5) is 0 Å². The highest BCUT2D eigenvalue weighted by molar-refractivity contribution is 9.09. The summed E-state index contributed by atoms with van der Waals surface area (Å²) in [5.41, 5.74) is 0. The molecule has 0 aliphatic heterocycles. The molecule has 0 aromatic rings. The van der Waals surface area contributed by atoms with Crippen LogP contribution in [0, 0.1) is 5.92 Å². The van der Waals surface area contributed by atoms with Gasteiger partial charge in [0, 0.05) is 0 Å². The minimum absolute atomic E-state index is 0.333. The lowest BCUT2D eigenvalue weighted by Crippen LogP contribution is -2.10. The Hall–Kier alpha value is 0.440. The molecule has 0 aliphatic rings. The second-order valence-electron chi connectivity index (χ2n) is 2.66. The van der Waals surface area contributed by atoms with Crippen LogP contribution in [-0.4, -0.2) is 5.01 Å². The SMILES string of the molecule is CCCCC(CC)C([O])Br. The van der Waals surface area contributed by atoms with Gasteiger partial charge < -0.3 is 0 Å². The van der Waals surface area contributed by atoms with Crippen molar-refractivity contribution >= 4 is 15.9 Å². The van der Waals surface area contributed by atoms with Crippen molar-refractivity contribution in [2.75, 3.05) is 0 Å². The third-order valence-corrected chi connectivity index (χ3v) is 2.57. The second kappa shape index (κ2) is 6.17. The van der Waals surface area contributed by atoms with Crippen LogP contribution < -0.4 is 0 Å². The van der Waals surface area contributed by atoms with Gasteiger partial charge in [0.15, 0.2) is 5.01 Å². The van der Waals surface area contributed by atoms with Gasteiger partial charge in [0.2, 0.25) is 0 Å². The maximum absolute atomic E-state index is 10.9. The minimum Gasteiger partial charge on any atom is -0.220 e. The highest BCUT2D eigenvalue weighted by Crippen LogP contribution is 2.20. The molecule has 2 atom stereocenters. The molecule has 0 aromatic carbocycles. The van der Waals surface area contributed by atoms with E-state index in [1.807, 2.05) is 0 Å². The Kier molecular flexibility index (Phi) is 6.44. The first-order valence-electron chi connectivity index (χ1n) is 4.02. The maximum atomic E-state index is 10.9. The normalized spacial score (nSPS) is 16.8. The number of hydrogen-bond donors (Lipinski definition) is 0. The summed E-state index contributed by atoms with van der Waals surface area (Å²) in [5.74, 6) is 0.333. The molecule has 0 bridgehead atoms. The van der Waals surface area contributed by atoms with E-state index in [1.54, 1.807) is 0 Å². The molecule has 0 saturated heterocycles. The van der Waals surface area contributed by atoms with Crippen LogP contribution in [0.1, 0.15) is 39.5 Å². The quantitative estimate of drug-likeness (QED) is 0.617. The molecular weight excluding hydrogens is 192 g/mol. The third kappa shape index (κ3) is 4.29. The van der Waals surface area contributed by atoms with E-state index in [-0.39, 0.29) is 0 Å². The standard InChI is InChI=1S/C8H16BrO/c1-3-5-6-7(4-2)8(9)10/h7-8H,3-6H2,1-2H3. The van der Waals surface area contributed by atoms with Gasteiger partial charge in [-0.25, -0.2) is 5.11 Å². The van der Waals surface area contributed by atoms with Crippen LogP contribution in [0.3, 0.4) is 0 Å². The summed E-state index contributed by atoms with van der Waals surface area (Å²) in [6.45, 7) is 4.23. The van der Waals surface area contributed by atoms with Crippen molar-refractivity contribution in [1.29, 1.82) is 0 Å². The Morgan fingerprint density at radius 1 is 1.40 bits per heavy atom. The van der Waals surface area contributed by atoms with Gasteiger partial charge in [-0.05, 0) is 18.8 Å². The van der Waals surface area contributed by atoms with Crippen molar-refractivity contribution in [3.8, 4) is 0 Å². The summed E-state index contributed by atoms with van der Waals surface area (Å²) in [5, 5.41) is 10.3. The van der Waals surface area contributed by atoms with Gasteiger partial charge in [0.05, 0.1) is 0 Å². The predicted molar refractivity (Wildman–Crippen MR) is 46.7 cm³/mol. The largest absolute Gasteiger partial charge is 0.220 e. The fourth-order valence-corrected chi connectivity index (χ4v) is 1.62. The Balaban J connectivity index is 3.40. The fraction of sp³-hybridized carbons (Fsp3) is 1.00. The van der Waals surface area contributed by atoms with Crippen LogP contribution >= 0.6 is 15.9 Å². The summed E-state index contributed by atoms with van der Waals surface area (Å²) in [4.78, 5) is 0. The van der Waals surface area contributed by atoms with Crippen LogP contribution in [-0.2, 0) is 5.11 Å². The summed E-state index contributed by atoms with van der Waals surface area (Å²) >= 11 is 3.08. The molecule has 2 unspecified atom stereocenters. The van der Waals surface area contributed by atoms with Crippen LogP contribution in [0.5, 0.6) is 0 Å². The van der Waals surface area contributed by atoms with E-state index in [2.05, 4.69) is 29.8 Å². The van der Waals surface area contributed by atoms with Crippen molar-refractivity contribution in [3.05, 3.63) is 0 Å². The van der Waals surface area contributed by atoms with Gasteiger partial charge in [-0.15, -0.1) is 0 Å². The Morgan fingerprint density at radius 3 is 2.30 bits per heavy atom. The number of hydrogen-bond acceptors (Lipinski definition) is 0. The highest BCUT2D eigenvalue weighted by Gasteiger charge is 2.14. The van der Waals surface area contributed by atoms with Crippen LogP contribution in [0.15, 0.2) is 0 Å². The lowest BCUT2D eigenvalue weighted by atomic mass is 10.0. The monoisotopic (exact) mass is 207 g/mol. The van der Waals surface area contributed by atoms with Gasteiger partial charge in [0.25, 0.3) is 0 Å². The molecule has 0 aliphatic carbocycles. The van der Waals surface area contributed by atoms with E-state index in [1.165, 1.54) is 12.8 Å². The zero-order valence-electron chi connectivity index (χ0n) is 6.77. The van der Waals surface area contributed by atoms with E-state index in [0.717, 1.165) is 12.8 Å². The number of alkyl halides is 1. The molecule has 10 heavy (non-hydrogen) atoms. The molecule has 0 aromatic heterocycles. The summed E-state index contributed by atoms with van der Waals surface area (Å²) in [7, 11) is 0. The van der Waals surface area contributed by atoms with Gasteiger partial charge in [-0.1, -0.05) is 42.6 Å². The van der Waals surface area contributed by atoms with E-state index in [0.29, 0.717) is 5.92 Å². The summed E-state index contributed by atoms with van der Waals surface area (Å²) < 4.78 is 0. The number of unbranched alkanes of at least 4 members (excludes halogenated alkanes) is 1. The van der Waals surface area contributed by atoms with Crippen molar-refractivity contribution in [2.45, 2.75) is 44.5 Å². The minimum atomic E-state index is -0.552. The molecule has 0 fully saturated rings. The smallest absolute Gasteiger partial charge is 0.150 e. The Labute approximate surface area is 72.0 Å². The van der Waals surface area contributed by atoms with Crippen molar-refractivity contribution < 1.29 is 5.11 Å². The molecule has 1 radical (unpaired) electrons. The summed E-state index contributed by atoms with van der Waals surface area (Å²) in [6, 6.07) is 0. The molecule has 0 amide bonds. The first-order valence-corrected chi connectivity index (χ1v) is 4.93. The van der Waals surface area contributed by atoms with Gasteiger partial charge in [-0.3, -0.25) is 0 Å². The molecule has 0 heterocycles. The second-order valence-corrected chi connectivity index (χ2v) is 3.56. The van der Waals surface area contributed by atoms with E-state index in [4.69, 9.17) is 0 Å². The average molecular weight is 208 g/mol. The number of halogens is 1. The predicted octanol–water partition coefficient (Wildman–Crippen LogP) is 3.35. The molecule has 0 rings (SSSR count). The molecule has 0 saturated carbocycles. The lowest BCUT2D eigenvalue weighted by molar-refractivity contribution is 0.109. The molecule has 61 valence electrons. The van der Waals surface area contributed by atoms with Crippen molar-refractivity contribution in [3.63, 3.8) is 0 Å². The fourth-order valence-electron chi connectivity index (χ4n) is 0.987. The van der Waals surface area contributed by atoms with E-state index >= 15 is 0 Å². The van der Waals surface area contributed by atoms with E-state index < -0.39 is 5.01 Å². The van der Waals surface area contributed by atoms with Gasteiger partial charge >= 0.3 is 0 Å². The van der Waals surface area contributed by atoms with Crippen LogP contribution in [0.2, 0.25) is 0 Å². The maximum Gasteiger partial charge on any atom is 0.150 e. The van der Waals surface area contributed by atoms with Gasteiger partial charge in [-0.2, -0.15) is 0 Å². The van der Waals surface area contributed by atoms with Crippen LogP contribution in [0.25, 0.3) is 0 Å².